The molecule has 1 heterocycles. The van der Waals surface area contributed by atoms with Gasteiger partial charge in [-0.15, -0.1) is 0 Å². The van der Waals surface area contributed by atoms with Crippen LogP contribution in [0.25, 0.3) is 11.3 Å². The molecule has 3 nitrogen and oxygen atoms in total. The molecule has 0 aliphatic rings. The number of unbranched alkanes of at least 4 members (excludes halogenated alkanes) is 1. The van der Waals surface area contributed by atoms with Gasteiger partial charge in [0.05, 0.1) is 6.54 Å². The summed E-state index contributed by atoms with van der Waals surface area (Å²) >= 11 is 3.44. The smallest absolute Gasteiger partial charge is 0.134 e. The van der Waals surface area contributed by atoms with E-state index in [-0.39, 0.29) is 0 Å². The maximum absolute atomic E-state index is 5.86. The molecule has 2 aromatic rings. The van der Waals surface area contributed by atoms with Crippen LogP contribution in [0.1, 0.15) is 31.9 Å². The Morgan fingerprint density at radius 3 is 2.59 bits per heavy atom. The topological polar surface area (TPSA) is 34.4 Å². The fraction of sp³-hybridized carbons (Fsp3) is 0.444. The summed E-state index contributed by atoms with van der Waals surface area (Å²) in [5, 5.41) is 3.39. The van der Waals surface area contributed by atoms with Crippen LogP contribution in [0.15, 0.2) is 45.3 Å². The van der Waals surface area contributed by atoms with Crippen LogP contribution in [0, 0.1) is 0 Å². The van der Waals surface area contributed by atoms with Crippen LogP contribution in [-0.2, 0) is 11.3 Å². The van der Waals surface area contributed by atoms with Gasteiger partial charge >= 0.3 is 0 Å². The Labute approximate surface area is 141 Å². The first-order chi connectivity index (χ1) is 10.8. The van der Waals surface area contributed by atoms with Crippen LogP contribution < -0.4 is 5.32 Å². The molecule has 0 unspecified atom stereocenters. The number of furan rings is 1. The normalized spacial score (nSPS) is 11.0. The lowest BCUT2D eigenvalue weighted by molar-refractivity contribution is 0.128. The van der Waals surface area contributed by atoms with Crippen molar-refractivity contribution in [2.45, 2.75) is 32.7 Å². The van der Waals surface area contributed by atoms with Crippen LogP contribution >= 0.6 is 15.9 Å². The van der Waals surface area contributed by atoms with Crippen molar-refractivity contribution in [2.24, 2.45) is 0 Å². The van der Waals surface area contributed by atoms with E-state index in [0.717, 1.165) is 60.7 Å². The van der Waals surface area contributed by atoms with Gasteiger partial charge in [-0.1, -0.05) is 41.4 Å². The first-order valence-corrected chi connectivity index (χ1v) is 8.72. The summed E-state index contributed by atoms with van der Waals surface area (Å²) in [7, 11) is 0. The maximum Gasteiger partial charge on any atom is 0.134 e. The van der Waals surface area contributed by atoms with E-state index in [9.17, 15) is 0 Å². The van der Waals surface area contributed by atoms with E-state index in [1.807, 2.05) is 36.4 Å². The van der Waals surface area contributed by atoms with Gasteiger partial charge in [-0.2, -0.15) is 0 Å². The molecule has 2 rings (SSSR count). The van der Waals surface area contributed by atoms with Gasteiger partial charge in [0, 0.05) is 23.2 Å². The maximum atomic E-state index is 5.86. The lowest BCUT2D eigenvalue weighted by Crippen LogP contribution is -2.16. The van der Waals surface area contributed by atoms with E-state index in [0.29, 0.717) is 0 Å². The van der Waals surface area contributed by atoms with Crippen LogP contribution in [0.3, 0.4) is 0 Å². The van der Waals surface area contributed by atoms with Crippen molar-refractivity contribution in [1.82, 2.24) is 5.32 Å². The van der Waals surface area contributed by atoms with Gasteiger partial charge in [0.1, 0.15) is 11.5 Å². The van der Waals surface area contributed by atoms with Gasteiger partial charge in [0.25, 0.3) is 0 Å². The highest BCUT2D eigenvalue weighted by atomic mass is 79.9. The van der Waals surface area contributed by atoms with Crippen LogP contribution in [-0.4, -0.2) is 19.8 Å². The van der Waals surface area contributed by atoms with Crippen LogP contribution in [0.4, 0.5) is 0 Å². The Kier molecular flexibility index (Phi) is 7.71. The van der Waals surface area contributed by atoms with Crippen molar-refractivity contribution < 1.29 is 9.15 Å². The van der Waals surface area contributed by atoms with Gasteiger partial charge in [-0.3, -0.25) is 0 Å². The zero-order valence-electron chi connectivity index (χ0n) is 13.1. The van der Waals surface area contributed by atoms with Crippen LogP contribution in [0.5, 0.6) is 0 Å². The molecule has 1 aromatic heterocycles. The average molecular weight is 366 g/mol. The first-order valence-electron chi connectivity index (χ1n) is 7.92. The Morgan fingerprint density at radius 1 is 1.05 bits per heavy atom. The summed E-state index contributed by atoms with van der Waals surface area (Å²) in [6.07, 6.45) is 3.38. The summed E-state index contributed by atoms with van der Waals surface area (Å²) in [4.78, 5) is 0. The highest BCUT2D eigenvalue weighted by Gasteiger charge is 2.04. The predicted octanol–water partition coefficient (Wildman–Crippen LogP) is 5.01. The molecular formula is C18H24BrNO2. The Hall–Kier alpha value is -1.10. The van der Waals surface area contributed by atoms with Crippen molar-refractivity contribution >= 4 is 15.9 Å². The predicted molar refractivity (Wildman–Crippen MR) is 93.9 cm³/mol. The monoisotopic (exact) mass is 365 g/mol. The van der Waals surface area contributed by atoms with Crippen molar-refractivity contribution in [3.8, 4) is 11.3 Å². The van der Waals surface area contributed by atoms with Crippen molar-refractivity contribution in [1.29, 1.82) is 0 Å². The number of hydrogen-bond donors (Lipinski definition) is 1. The molecule has 1 aromatic carbocycles. The molecule has 0 atom stereocenters. The number of rotatable bonds is 10. The number of nitrogens with one attached hydrogen (secondary N) is 1. The zero-order valence-corrected chi connectivity index (χ0v) is 14.7. The molecule has 0 radical (unpaired) electrons. The molecule has 0 spiro atoms. The molecule has 22 heavy (non-hydrogen) atoms. The molecule has 1 N–H and O–H groups in total. The number of hydrogen-bond acceptors (Lipinski definition) is 3. The number of halogens is 1. The van der Waals surface area contributed by atoms with E-state index >= 15 is 0 Å². The second-order valence-electron chi connectivity index (χ2n) is 5.27. The van der Waals surface area contributed by atoms with Crippen molar-refractivity contribution in [3.63, 3.8) is 0 Å². The minimum atomic E-state index is 0.755. The number of ether oxygens (including phenoxy) is 1. The van der Waals surface area contributed by atoms with E-state index in [1.54, 1.807) is 0 Å². The second kappa shape index (κ2) is 9.82. The highest BCUT2D eigenvalue weighted by molar-refractivity contribution is 9.10. The van der Waals surface area contributed by atoms with Gasteiger partial charge in [-0.05, 0) is 43.7 Å². The molecule has 0 aliphatic carbocycles. The third kappa shape index (κ3) is 5.95. The average Bonchev–Trinajstić information content (AvgIpc) is 2.99. The molecule has 0 amide bonds. The third-order valence-electron chi connectivity index (χ3n) is 3.37. The van der Waals surface area contributed by atoms with E-state index in [2.05, 4.69) is 28.2 Å². The standard InChI is InChI=1S/C18H24BrNO2/c1-2-3-12-21-13-4-11-20-14-17-9-10-18(22-17)15-5-7-16(19)8-6-15/h5-10,20H,2-4,11-14H2,1H3. The van der Waals surface area contributed by atoms with Gasteiger partial charge in [-0.25, -0.2) is 0 Å². The minimum absolute atomic E-state index is 0.755. The molecule has 0 aliphatic heterocycles. The van der Waals surface area contributed by atoms with E-state index < -0.39 is 0 Å². The SMILES string of the molecule is CCCCOCCCNCc1ccc(-c2ccc(Br)cc2)o1. The molecule has 0 fully saturated rings. The van der Waals surface area contributed by atoms with Gasteiger partial charge < -0.3 is 14.5 Å². The first kappa shape index (κ1) is 17.3. The van der Waals surface area contributed by atoms with Crippen molar-refractivity contribution in [3.05, 3.63) is 46.6 Å². The molecule has 4 heteroatoms. The van der Waals surface area contributed by atoms with E-state index in [4.69, 9.17) is 9.15 Å². The summed E-state index contributed by atoms with van der Waals surface area (Å²) in [5.41, 5.74) is 1.10. The lowest BCUT2D eigenvalue weighted by atomic mass is 10.2. The Bertz CT molecular complexity index is 536. The largest absolute Gasteiger partial charge is 0.460 e. The summed E-state index contributed by atoms with van der Waals surface area (Å²) in [6.45, 7) is 5.59. The summed E-state index contributed by atoms with van der Waals surface area (Å²) in [6, 6.07) is 12.2. The zero-order chi connectivity index (χ0) is 15.6. The molecule has 0 saturated carbocycles. The fourth-order valence-corrected chi connectivity index (χ4v) is 2.37. The Balaban J connectivity index is 1.66. The van der Waals surface area contributed by atoms with Gasteiger partial charge in [0.2, 0.25) is 0 Å². The molecular weight excluding hydrogens is 342 g/mol. The lowest BCUT2D eigenvalue weighted by Gasteiger charge is -2.04. The van der Waals surface area contributed by atoms with Crippen LogP contribution in [0.2, 0.25) is 0 Å². The second-order valence-corrected chi connectivity index (χ2v) is 6.18. The van der Waals surface area contributed by atoms with Gasteiger partial charge in [0.15, 0.2) is 0 Å². The summed E-state index contributed by atoms with van der Waals surface area (Å²) in [5.74, 6) is 1.87. The quantitative estimate of drug-likeness (QED) is 0.601. The number of benzene rings is 1. The third-order valence-corrected chi connectivity index (χ3v) is 3.90. The summed E-state index contributed by atoms with van der Waals surface area (Å²) < 4.78 is 12.5. The molecule has 120 valence electrons. The fourth-order valence-electron chi connectivity index (χ4n) is 2.10. The van der Waals surface area contributed by atoms with E-state index in [1.165, 1.54) is 6.42 Å². The Morgan fingerprint density at radius 2 is 1.82 bits per heavy atom. The molecule has 0 bridgehead atoms. The molecule has 0 saturated heterocycles. The van der Waals surface area contributed by atoms with Crippen molar-refractivity contribution in [2.75, 3.05) is 19.8 Å². The minimum Gasteiger partial charge on any atom is -0.460 e. The highest BCUT2D eigenvalue weighted by Crippen LogP contribution is 2.23.